The van der Waals surface area contributed by atoms with Gasteiger partial charge in [-0.1, -0.05) is 156 Å². The second kappa shape index (κ2) is 21.9. The van der Waals surface area contributed by atoms with E-state index in [0.29, 0.717) is 10.8 Å². The molecule has 0 radical (unpaired) electrons. The Balaban J connectivity index is 2.62. The van der Waals surface area contributed by atoms with Gasteiger partial charge in [0.15, 0.2) is 0 Å². The predicted molar refractivity (Wildman–Crippen MR) is 169 cm³/mol. The van der Waals surface area contributed by atoms with Crippen LogP contribution in [0.25, 0.3) is 0 Å². The molecule has 3 heteroatoms. The van der Waals surface area contributed by atoms with Gasteiger partial charge in [-0.15, -0.1) is 5.10 Å². The Morgan fingerprint density at radius 3 is 1.39 bits per heavy atom. The highest BCUT2D eigenvalue weighted by atomic mass is 15.4. The van der Waals surface area contributed by atoms with E-state index >= 15 is 0 Å². The Morgan fingerprint density at radius 1 is 0.526 bits per heavy atom. The van der Waals surface area contributed by atoms with Crippen molar-refractivity contribution < 1.29 is 0 Å². The molecule has 0 saturated carbocycles. The highest BCUT2D eigenvalue weighted by Gasteiger charge is 2.26. The van der Waals surface area contributed by atoms with Gasteiger partial charge in [-0.3, -0.25) is 4.68 Å². The number of aromatic nitrogens is 3. The third-order valence-corrected chi connectivity index (χ3v) is 9.15. The number of rotatable bonds is 27. The predicted octanol–water partition coefficient (Wildman–Crippen LogP) is 11.9. The van der Waals surface area contributed by atoms with Gasteiger partial charge in [0.1, 0.15) is 0 Å². The van der Waals surface area contributed by atoms with Crippen molar-refractivity contribution in [2.45, 2.75) is 202 Å². The van der Waals surface area contributed by atoms with E-state index in [4.69, 9.17) is 0 Å². The summed E-state index contributed by atoms with van der Waals surface area (Å²) in [5.74, 6) is 0. The van der Waals surface area contributed by atoms with Gasteiger partial charge in [-0.2, -0.15) is 0 Å². The third kappa shape index (κ3) is 17.0. The normalized spacial score (nSPS) is 13.7. The maximum atomic E-state index is 4.67. The minimum Gasteiger partial charge on any atom is -0.252 e. The Labute approximate surface area is 239 Å². The molecule has 1 aromatic heterocycles. The van der Waals surface area contributed by atoms with Crippen LogP contribution in [0.5, 0.6) is 0 Å². The molecule has 38 heavy (non-hydrogen) atoms. The van der Waals surface area contributed by atoms with E-state index in [1.54, 1.807) is 0 Å². The van der Waals surface area contributed by atoms with Crippen LogP contribution in [0.3, 0.4) is 0 Å². The summed E-state index contributed by atoms with van der Waals surface area (Å²) in [4.78, 5) is 0. The summed E-state index contributed by atoms with van der Waals surface area (Å²) in [5, 5.41) is 9.25. The van der Waals surface area contributed by atoms with Crippen LogP contribution in [-0.2, 0) is 13.0 Å². The van der Waals surface area contributed by atoms with Gasteiger partial charge in [0, 0.05) is 12.7 Å². The fourth-order valence-corrected chi connectivity index (χ4v) is 6.40. The molecule has 0 aliphatic carbocycles. The first kappa shape index (κ1) is 35.2. The molecule has 0 aliphatic rings. The maximum absolute atomic E-state index is 4.67. The molecular weight excluding hydrogens is 462 g/mol. The lowest BCUT2D eigenvalue weighted by atomic mass is 9.76. The minimum atomic E-state index is 0.372. The smallest absolute Gasteiger partial charge is 0.0832 e. The second-order valence-electron chi connectivity index (χ2n) is 13.5. The molecule has 0 bridgehead atoms. The minimum absolute atomic E-state index is 0.372. The van der Waals surface area contributed by atoms with Crippen LogP contribution in [0.2, 0.25) is 0 Å². The molecule has 0 spiro atoms. The zero-order valence-corrected chi connectivity index (χ0v) is 27.1. The molecule has 1 rings (SSSR count). The van der Waals surface area contributed by atoms with Gasteiger partial charge >= 0.3 is 0 Å². The van der Waals surface area contributed by atoms with Crippen LogP contribution in [0.4, 0.5) is 0 Å². The molecule has 0 aromatic carbocycles. The van der Waals surface area contributed by atoms with Crippen molar-refractivity contribution >= 4 is 0 Å². The van der Waals surface area contributed by atoms with Crippen molar-refractivity contribution in [3.63, 3.8) is 0 Å². The highest BCUT2D eigenvalue weighted by Crippen LogP contribution is 2.37. The van der Waals surface area contributed by atoms with E-state index in [9.17, 15) is 0 Å². The zero-order valence-electron chi connectivity index (χ0n) is 27.1. The van der Waals surface area contributed by atoms with Gasteiger partial charge < -0.3 is 0 Å². The average Bonchev–Trinajstić information content (AvgIpc) is 3.34. The van der Waals surface area contributed by atoms with Crippen molar-refractivity contribution in [1.29, 1.82) is 0 Å². The quantitative estimate of drug-likeness (QED) is 0.106. The number of aryl methyl sites for hydroxylation is 1. The summed E-state index contributed by atoms with van der Waals surface area (Å²) in [6.07, 6.45) is 34.8. The van der Waals surface area contributed by atoms with Crippen molar-refractivity contribution in [3.8, 4) is 0 Å². The first-order valence-electron chi connectivity index (χ1n) is 17.3. The molecule has 0 N–H and O–H groups in total. The molecule has 1 heterocycles. The number of hydrogen-bond acceptors (Lipinski definition) is 2. The van der Waals surface area contributed by atoms with E-state index in [2.05, 4.69) is 62.7 Å². The van der Waals surface area contributed by atoms with Crippen LogP contribution in [0.15, 0.2) is 6.20 Å². The topological polar surface area (TPSA) is 30.7 Å². The van der Waals surface area contributed by atoms with Crippen molar-refractivity contribution in [2.75, 3.05) is 0 Å². The fraction of sp³-hybridized carbons (Fsp3) is 0.943. The molecule has 1 aromatic rings. The second-order valence-corrected chi connectivity index (χ2v) is 13.5. The van der Waals surface area contributed by atoms with Gasteiger partial charge in [-0.25, -0.2) is 0 Å². The molecule has 224 valence electrons. The first-order chi connectivity index (χ1) is 18.4. The number of unbranched alkanes of at least 4 members (excludes halogenated alkanes) is 13. The lowest BCUT2D eigenvalue weighted by molar-refractivity contribution is 0.220. The van der Waals surface area contributed by atoms with Crippen LogP contribution in [0, 0.1) is 10.8 Å². The van der Waals surface area contributed by atoms with Crippen molar-refractivity contribution in [1.82, 2.24) is 15.0 Å². The van der Waals surface area contributed by atoms with Gasteiger partial charge in [0.05, 0.1) is 5.69 Å². The summed E-state index contributed by atoms with van der Waals surface area (Å²) < 4.78 is 2.16. The van der Waals surface area contributed by atoms with Gasteiger partial charge in [0.25, 0.3) is 0 Å². The summed E-state index contributed by atoms with van der Waals surface area (Å²) in [5.41, 5.74) is 2.09. The molecule has 0 saturated heterocycles. The molecule has 0 fully saturated rings. The molecular formula is C35H69N3. The molecule has 0 amide bonds. The Kier molecular flexibility index (Phi) is 20.3. The molecule has 3 nitrogen and oxygen atoms in total. The Bertz CT molecular complexity index is 639. The summed E-state index contributed by atoms with van der Waals surface area (Å²) in [7, 11) is 0. The zero-order chi connectivity index (χ0) is 28.0. The third-order valence-electron chi connectivity index (χ3n) is 9.15. The molecule has 1 unspecified atom stereocenters. The Morgan fingerprint density at radius 2 is 0.921 bits per heavy atom. The first-order valence-corrected chi connectivity index (χ1v) is 17.3. The Hall–Kier alpha value is -0.860. The van der Waals surface area contributed by atoms with Crippen molar-refractivity contribution in [3.05, 3.63) is 11.9 Å². The number of nitrogens with zero attached hydrogens (tertiary/aromatic N) is 3. The SMILES string of the molecule is CCCCCCCC(C)(CCCCCC)CCCn1cc(CC(C)(CCCCCC)CCCCCC)nn1. The van der Waals surface area contributed by atoms with E-state index in [1.807, 2.05) is 0 Å². The lowest BCUT2D eigenvalue weighted by Crippen LogP contribution is -2.20. The van der Waals surface area contributed by atoms with E-state index in [1.165, 1.54) is 153 Å². The molecule has 1 atom stereocenters. The van der Waals surface area contributed by atoms with E-state index in [-0.39, 0.29) is 0 Å². The van der Waals surface area contributed by atoms with Crippen molar-refractivity contribution in [2.24, 2.45) is 10.8 Å². The van der Waals surface area contributed by atoms with E-state index < -0.39 is 0 Å². The van der Waals surface area contributed by atoms with Crippen LogP contribution in [-0.4, -0.2) is 15.0 Å². The van der Waals surface area contributed by atoms with Crippen LogP contribution in [0.1, 0.15) is 195 Å². The van der Waals surface area contributed by atoms with Gasteiger partial charge in [-0.05, 0) is 55.8 Å². The highest BCUT2D eigenvalue weighted by molar-refractivity contribution is 4.98. The fourth-order valence-electron chi connectivity index (χ4n) is 6.40. The number of hydrogen-bond donors (Lipinski definition) is 0. The largest absolute Gasteiger partial charge is 0.252 e. The summed E-state index contributed by atoms with van der Waals surface area (Å²) in [6.45, 7) is 15.4. The summed E-state index contributed by atoms with van der Waals surface area (Å²) >= 11 is 0. The maximum Gasteiger partial charge on any atom is 0.0832 e. The van der Waals surface area contributed by atoms with Gasteiger partial charge in [0.2, 0.25) is 0 Å². The van der Waals surface area contributed by atoms with Crippen LogP contribution < -0.4 is 0 Å². The monoisotopic (exact) mass is 532 g/mol. The standard InChI is InChI=1S/C35H69N3/c1-7-11-15-19-23-26-34(5,25-20-16-12-8-2)29-24-30-38-32-33(36-37-38)31-35(6,27-21-17-13-9-3)28-22-18-14-10-4/h32H,7-31H2,1-6H3. The summed E-state index contributed by atoms with van der Waals surface area (Å²) in [6, 6.07) is 0. The lowest BCUT2D eigenvalue weighted by Gasteiger charge is -2.30. The molecule has 0 aliphatic heterocycles. The van der Waals surface area contributed by atoms with E-state index in [0.717, 1.165) is 13.0 Å². The average molecular weight is 532 g/mol. The van der Waals surface area contributed by atoms with Crippen LogP contribution >= 0.6 is 0 Å².